The SMILES string of the molecule is CCNc1c(CSc2ncns2)cccc1[N+](=O)[O-]. The number of nitro groups is 1. The summed E-state index contributed by atoms with van der Waals surface area (Å²) < 4.78 is 4.78. The van der Waals surface area contributed by atoms with Crippen LogP contribution in [0.4, 0.5) is 11.4 Å². The average Bonchev–Trinajstić information content (AvgIpc) is 2.90. The molecule has 0 aliphatic carbocycles. The number of nitro benzene ring substituents is 1. The normalized spacial score (nSPS) is 10.4. The van der Waals surface area contributed by atoms with Gasteiger partial charge in [0.05, 0.1) is 4.92 Å². The standard InChI is InChI=1S/C11H12N4O2S2/c1-2-12-10-8(4-3-5-9(10)15(16)17)6-18-11-13-7-14-19-11/h3-5,7,12H,2,6H2,1H3. The summed E-state index contributed by atoms with van der Waals surface area (Å²) >= 11 is 2.84. The lowest BCUT2D eigenvalue weighted by Crippen LogP contribution is -2.04. The van der Waals surface area contributed by atoms with Crippen molar-refractivity contribution >= 4 is 34.7 Å². The molecule has 0 saturated carbocycles. The number of hydrogen-bond acceptors (Lipinski definition) is 7. The van der Waals surface area contributed by atoms with E-state index in [0.717, 1.165) is 9.90 Å². The molecule has 0 aliphatic heterocycles. The molecule has 0 amide bonds. The molecular weight excluding hydrogens is 284 g/mol. The summed E-state index contributed by atoms with van der Waals surface area (Å²) in [6.45, 7) is 2.56. The van der Waals surface area contributed by atoms with E-state index in [-0.39, 0.29) is 10.6 Å². The van der Waals surface area contributed by atoms with Crippen LogP contribution >= 0.6 is 23.3 Å². The van der Waals surface area contributed by atoms with Gasteiger partial charge in [0.25, 0.3) is 5.69 Å². The van der Waals surface area contributed by atoms with Crippen LogP contribution in [-0.4, -0.2) is 20.8 Å². The van der Waals surface area contributed by atoms with Gasteiger partial charge >= 0.3 is 0 Å². The molecule has 2 rings (SSSR count). The minimum Gasteiger partial charge on any atom is -0.380 e. The van der Waals surface area contributed by atoms with Gasteiger partial charge in [-0.2, -0.15) is 4.37 Å². The second kappa shape index (κ2) is 6.48. The molecule has 0 saturated heterocycles. The van der Waals surface area contributed by atoms with E-state index in [1.54, 1.807) is 6.07 Å². The molecule has 0 fully saturated rings. The highest BCUT2D eigenvalue weighted by Gasteiger charge is 2.16. The number of aromatic nitrogens is 2. The van der Waals surface area contributed by atoms with Crippen molar-refractivity contribution in [3.63, 3.8) is 0 Å². The first kappa shape index (κ1) is 13.8. The van der Waals surface area contributed by atoms with Crippen molar-refractivity contribution in [3.8, 4) is 0 Å². The van der Waals surface area contributed by atoms with Gasteiger partial charge in [-0.05, 0) is 24.0 Å². The van der Waals surface area contributed by atoms with Gasteiger partial charge in [0.15, 0.2) is 4.34 Å². The Balaban J connectivity index is 2.23. The molecule has 1 N–H and O–H groups in total. The lowest BCUT2D eigenvalue weighted by atomic mass is 10.1. The molecular formula is C11H12N4O2S2. The van der Waals surface area contributed by atoms with E-state index in [2.05, 4.69) is 14.7 Å². The Hall–Kier alpha value is -1.67. The van der Waals surface area contributed by atoms with E-state index in [4.69, 9.17) is 0 Å². The Kier molecular flexibility index (Phi) is 4.69. The molecule has 0 unspecified atom stereocenters. The number of nitrogens with zero attached hydrogens (tertiary/aromatic N) is 3. The molecule has 8 heteroatoms. The summed E-state index contributed by atoms with van der Waals surface area (Å²) in [6.07, 6.45) is 1.51. The number of anilines is 1. The summed E-state index contributed by atoms with van der Waals surface area (Å²) in [5.74, 6) is 0.624. The van der Waals surface area contributed by atoms with Gasteiger partial charge in [-0.15, -0.1) is 0 Å². The highest BCUT2D eigenvalue weighted by Crippen LogP contribution is 2.33. The third-order valence-corrected chi connectivity index (χ3v) is 4.22. The number of rotatable bonds is 6. The van der Waals surface area contributed by atoms with Gasteiger partial charge in [0, 0.05) is 18.4 Å². The topological polar surface area (TPSA) is 81.0 Å². The van der Waals surface area contributed by atoms with E-state index in [9.17, 15) is 10.1 Å². The third kappa shape index (κ3) is 3.42. The predicted octanol–water partition coefficient (Wildman–Crippen LogP) is 3.17. The number of benzene rings is 1. The molecule has 19 heavy (non-hydrogen) atoms. The van der Waals surface area contributed by atoms with Crippen LogP contribution in [0.15, 0.2) is 28.9 Å². The van der Waals surface area contributed by atoms with E-state index in [0.29, 0.717) is 18.0 Å². The maximum atomic E-state index is 11.0. The lowest BCUT2D eigenvalue weighted by molar-refractivity contribution is -0.384. The van der Waals surface area contributed by atoms with Gasteiger partial charge in [-0.3, -0.25) is 10.1 Å². The maximum Gasteiger partial charge on any atom is 0.292 e. The molecule has 0 radical (unpaired) electrons. The molecule has 1 heterocycles. The monoisotopic (exact) mass is 296 g/mol. The molecule has 1 aromatic heterocycles. The minimum absolute atomic E-state index is 0.109. The number of thioether (sulfide) groups is 1. The van der Waals surface area contributed by atoms with E-state index in [1.807, 2.05) is 13.0 Å². The Morgan fingerprint density at radius 2 is 2.37 bits per heavy atom. The molecule has 6 nitrogen and oxygen atoms in total. The molecule has 0 spiro atoms. The summed E-state index contributed by atoms with van der Waals surface area (Å²) in [6, 6.07) is 5.10. The fraction of sp³-hybridized carbons (Fsp3) is 0.273. The fourth-order valence-corrected chi connectivity index (χ4v) is 3.04. The molecule has 0 atom stereocenters. The van der Waals surface area contributed by atoms with Crippen LogP contribution in [0.3, 0.4) is 0 Å². The van der Waals surface area contributed by atoms with Crippen molar-refractivity contribution in [2.24, 2.45) is 0 Å². The Bertz CT molecular complexity index is 560. The quantitative estimate of drug-likeness (QED) is 0.501. The zero-order valence-electron chi connectivity index (χ0n) is 10.2. The van der Waals surface area contributed by atoms with Crippen LogP contribution in [0.25, 0.3) is 0 Å². The summed E-state index contributed by atoms with van der Waals surface area (Å²) in [5.41, 5.74) is 1.60. The first-order valence-corrected chi connectivity index (χ1v) is 7.38. The zero-order valence-corrected chi connectivity index (χ0v) is 11.8. The Morgan fingerprint density at radius 3 is 3.00 bits per heavy atom. The molecule has 100 valence electrons. The molecule has 0 aliphatic rings. The predicted molar refractivity (Wildman–Crippen MR) is 76.7 cm³/mol. The van der Waals surface area contributed by atoms with Crippen molar-refractivity contribution < 1.29 is 4.92 Å². The Morgan fingerprint density at radius 1 is 1.53 bits per heavy atom. The van der Waals surface area contributed by atoms with E-state index >= 15 is 0 Å². The highest BCUT2D eigenvalue weighted by molar-refractivity contribution is 8.00. The summed E-state index contributed by atoms with van der Waals surface area (Å²) in [7, 11) is 0. The average molecular weight is 296 g/mol. The number of para-hydroxylation sites is 1. The lowest BCUT2D eigenvalue weighted by Gasteiger charge is -2.10. The second-order valence-electron chi connectivity index (χ2n) is 3.59. The fourth-order valence-electron chi connectivity index (χ4n) is 1.61. The van der Waals surface area contributed by atoms with Crippen molar-refractivity contribution in [1.29, 1.82) is 0 Å². The minimum atomic E-state index is -0.364. The number of hydrogen-bond donors (Lipinski definition) is 1. The van der Waals surface area contributed by atoms with Crippen molar-refractivity contribution in [2.75, 3.05) is 11.9 Å². The van der Waals surface area contributed by atoms with E-state index < -0.39 is 0 Å². The Labute approximate surface area is 118 Å². The first-order chi connectivity index (χ1) is 9.22. The van der Waals surface area contributed by atoms with Crippen molar-refractivity contribution in [3.05, 3.63) is 40.2 Å². The smallest absolute Gasteiger partial charge is 0.292 e. The summed E-state index contributed by atoms with van der Waals surface area (Å²) in [5, 5.41) is 14.1. The highest BCUT2D eigenvalue weighted by atomic mass is 32.2. The first-order valence-electron chi connectivity index (χ1n) is 5.62. The number of nitrogens with one attached hydrogen (secondary N) is 1. The van der Waals surface area contributed by atoms with Gasteiger partial charge in [-0.1, -0.05) is 23.9 Å². The largest absolute Gasteiger partial charge is 0.380 e. The zero-order chi connectivity index (χ0) is 13.7. The van der Waals surface area contributed by atoms with Gasteiger partial charge in [-0.25, -0.2) is 4.98 Å². The van der Waals surface area contributed by atoms with Crippen LogP contribution in [0.1, 0.15) is 12.5 Å². The maximum absolute atomic E-state index is 11.0. The van der Waals surface area contributed by atoms with E-state index in [1.165, 1.54) is 35.7 Å². The van der Waals surface area contributed by atoms with Crippen molar-refractivity contribution in [2.45, 2.75) is 17.0 Å². The van der Waals surface area contributed by atoms with Crippen LogP contribution in [0.5, 0.6) is 0 Å². The van der Waals surface area contributed by atoms with Crippen LogP contribution in [0.2, 0.25) is 0 Å². The van der Waals surface area contributed by atoms with Crippen LogP contribution in [-0.2, 0) is 5.75 Å². The molecule has 2 aromatic rings. The summed E-state index contributed by atoms with van der Waals surface area (Å²) in [4.78, 5) is 14.7. The van der Waals surface area contributed by atoms with Crippen LogP contribution in [0, 0.1) is 10.1 Å². The van der Waals surface area contributed by atoms with Gasteiger partial charge in [0.1, 0.15) is 12.0 Å². The van der Waals surface area contributed by atoms with Gasteiger partial charge in [0.2, 0.25) is 0 Å². The molecule has 1 aromatic carbocycles. The second-order valence-corrected chi connectivity index (χ2v) is 5.60. The van der Waals surface area contributed by atoms with Crippen molar-refractivity contribution in [1.82, 2.24) is 9.36 Å². The van der Waals surface area contributed by atoms with Gasteiger partial charge < -0.3 is 5.32 Å². The third-order valence-electron chi connectivity index (χ3n) is 2.37. The molecule has 0 bridgehead atoms. The van der Waals surface area contributed by atoms with Crippen LogP contribution < -0.4 is 5.32 Å².